The maximum atomic E-state index is 13.1. The summed E-state index contributed by atoms with van der Waals surface area (Å²) in [5.74, 6) is 1.61. The number of carbonyl (C=O) groups is 2. The largest absolute Gasteiger partial charge is 0.465 e. The van der Waals surface area contributed by atoms with Crippen molar-refractivity contribution in [2.75, 3.05) is 92.1 Å². The predicted molar refractivity (Wildman–Crippen MR) is 578 cm³/mol. The maximum absolute atomic E-state index is 13.1. The zero-order valence-electron chi connectivity index (χ0n) is 91.8. The van der Waals surface area contributed by atoms with Gasteiger partial charge in [-0.1, -0.05) is 429 Å². The van der Waals surface area contributed by atoms with Crippen LogP contribution < -0.4 is 0 Å². The molecule has 16 heteroatoms. The van der Waals surface area contributed by atoms with Crippen LogP contribution in [0, 0.1) is 23.7 Å². The van der Waals surface area contributed by atoms with Gasteiger partial charge >= 0.3 is 29.1 Å². The summed E-state index contributed by atoms with van der Waals surface area (Å²) < 4.78 is 51.9. The van der Waals surface area contributed by atoms with Gasteiger partial charge in [0.05, 0.1) is 25.0 Å². The molecule has 0 fully saturated rings. The van der Waals surface area contributed by atoms with Gasteiger partial charge in [-0.05, 0) is 231 Å². The second kappa shape index (κ2) is 106. The number of nitrogens with zero attached hydrogens (tertiary/aromatic N) is 2. The minimum atomic E-state index is -2.34. The first-order valence-corrected chi connectivity index (χ1v) is 65.0. The standard InChI is InChI=1S/2C58H119NO6Si/c2*1-8-13-18-23-26-33-44-55(43-32-21-16-11-4)54-64-66(6,7)65-57(47-36-25-20-15-10-3)62-52-41-30-28-37-48-59(50-39-40-51-60)49-38-29-31-42-53-63-58(61)56(45-34-22-17-12-5)46-35-27-24-19-14-9-2/h2*55-57,60H,8-54H2,1-7H3. The van der Waals surface area contributed by atoms with Gasteiger partial charge < -0.3 is 56.7 Å². The lowest BCUT2D eigenvalue weighted by Gasteiger charge is -2.31. The number of carbonyl (C=O) groups excluding carboxylic acids is 2. The van der Waals surface area contributed by atoms with Gasteiger partial charge in [-0.3, -0.25) is 9.59 Å². The summed E-state index contributed by atoms with van der Waals surface area (Å²) in [6.07, 6.45) is 97.4. The lowest BCUT2D eigenvalue weighted by molar-refractivity contribution is -0.150. The number of hydrogen-bond donors (Lipinski definition) is 2. The van der Waals surface area contributed by atoms with Crippen molar-refractivity contribution >= 4 is 29.1 Å². The monoisotopic (exact) mass is 1910 g/mol. The zero-order valence-corrected chi connectivity index (χ0v) is 93.8. The van der Waals surface area contributed by atoms with Gasteiger partial charge in [-0.15, -0.1) is 0 Å². The van der Waals surface area contributed by atoms with E-state index in [1.165, 1.54) is 372 Å². The molecule has 0 rings (SSSR count). The highest BCUT2D eigenvalue weighted by molar-refractivity contribution is 6.64. The van der Waals surface area contributed by atoms with Crippen molar-refractivity contribution in [3.8, 4) is 0 Å². The Labute approximate surface area is 827 Å². The topological polar surface area (TPSA) is 155 Å². The predicted octanol–water partition coefficient (Wildman–Crippen LogP) is 35.7. The minimum Gasteiger partial charge on any atom is -0.465 e. The van der Waals surface area contributed by atoms with Gasteiger partial charge in [0.25, 0.3) is 0 Å². The van der Waals surface area contributed by atoms with Crippen LogP contribution in [0.1, 0.15) is 583 Å². The summed E-state index contributed by atoms with van der Waals surface area (Å²) in [6.45, 7) is 43.3. The average molecular weight is 1910 g/mol. The van der Waals surface area contributed by atoms with Crippen LogP contribution in [0.2, 0.25) is 26.2 Å². The van der Waals surface area contributed by atoms with Crippen LogP contribution in [0.3, 0.4) is 0 Å². The van der Waals surface area contributed by atoms with Crippen molar-refractivity contribution in [2.24, 2.45) is 23.7 Å². The van der Waals surface area contributed by atoms with Gasteiger partial charge in [0.1, 0.15) is 12.6 Å². The van der Waals surface area contributed by atoms with E-state index in [-0.39, 0.29) is 49.6 Å². The molecule has 0 saturated heterocycles. The van der Waals surface area contributed by atoms with Crippen LogP contribution in [0.25, 0.3) is 0 Å². The fraction of sp³-hybridized carbons (Fsp3) is 0.983. The Morgan fingerprint density at radius 2 is 0.417 bits per heavy atom. The van der Waals surface area contributed by atoms with E-state index in [9.17, 15) is 19.8 Å². The number of esters is 2. The Hall–Kier alpha value is -1.03. The highest BCUT2D eigenvalue weighted by atomic mass is 28.4. The van der Waals surface area contributed by atoms with Crippen molar-refractivity contribution in [3.05, 3.63) is 0 Å². The van der Waals surface area contributed by atoms with Crippen LogP contribution in [-0.4, -0.2) is 154 Å². The molecule has 0 aromatic heterocycles. The first-order chi connectivity index (χ1) is 64.5. The molecule has 0 aromatic carbocycles. The van der Waals surface area contributed by atoms with Crippen LogP contribution in [0.15, 0.2) is 0 Å². The molecule has 0 radical (unpaired) electrons. The summed E-state index contributed by atoms with van der Waals surface area (Å²) >= 11 is 0. The molecule has 0 amide bonds. The summed E-state index contributed by atoms with van der Waals surface area (Å²) in [5.41, 5.74) is 0. The lowest BCUT2D eigenvalue weighted by Crippen LogP contribution is -2.41. The normalized spacial score (nSPS) is 13.5. The van der Waals surface area contributed by atoms with Crippen LogP contribution in [0.5, 0.6) is 0 Å². The molecule has 132 heavy (non-hydrogen) atoms. The molecule has 6 atom stereocenters. The maximum Gasteiger partial charge on any atom is 0.333 e. The van der Waals surface area contributed by atoms with Crippen LogP contribution >= 0.6 is 0 Å². The Morgan fingerprint density at radius 1 is 0.227 bits per heavy atom. The van der Waals surface area contributed by atoms with Crippen molar-refractivity contribution in [1.29, 1.82) is 0 Å². The third-order valence-corrected chi connectivity index (χ3v) is 31.1. The van der Waals surface area contributed by atoms with Crippen molar-refractivity contribution in [1.82, 2.24) is 9.80 Å². The fourth-order valence-corrected chi connectivity index (χ4v) is 21.8. The van der Waals surface area contributed by atoms with E-state index < -0.39 is 17.1 Å². The molecule has 792 valence electrons. The second-order valence-corrected chi connectivity index (χ2v) is 48.6. The van der Waals surface area contributed by atoms with Crippen molar-refractivity contribution in [3.63, 3.8) is 0 Å². The van der Waals surface area contributed by atoms with Gasteiger partial charge in [-0.2, -0.15) is 0 Å². The molecular weight excluding hydrogens is 1670 g/mol. The first kappa shape index (κ1) is 133. The van der Waals surface area contributed by atoms with E-state index in [1.807, 2.05) is 0 Å². The third-order valence-electron chi connectivity index (χ3n) is 27.7. The van der Waals surface area contributed by atoms with Crippen molar-refractivity contribution in [2.45, 2.75) is 622 Å². The fourth-order valence-electron chi connectivity index (χ4n) is 18.8. The zero-order chi connectivity index (χ0) is 96.9. The molecule has 14 nitrogen and oxygen atoms in total. The van der Waals surface area contributed by atoms with E-state index >= 15 is 0 Å². The molecule has 0 spiro atoms. The Kier molecular flexibility index (Phi) is 107. The summed E-state index contributed by atoms with van der Waals surface area (Å²) in [6, 6.07) is 0. The first-order valence-electron chi connectivity index (χ1n) is 59.4. The molecule has 0 aliphatic carbocycles. The molecule has 6 unspecified atom stereocenters. The molecular formula is C116H238N2O12Si2. The highest BCUT2D eigenvalue weighted by Crippen LogP contribution is 2.29. The van der Waals surface area contributed by atoms with E-state index in [0.29, 0.717) is 25.0 Å². The average Bonchev–Trinajstić information content (AvgIpc) is 0.894. The van der Waals surface area contributed by atoms with E-state index in [0.717, 1.165) is 207 Å². The Balaban J connectivity index is 0. The van der Waals surface area contributed by atoms with E-state index in [2.05, 4.69) is 105 Å². The second-order valence-electron chi connectivity index (χ2n) is 41.9. The molecule has 0 aliphatic heterocycles. The van der Waals surface area contributed by atoms with Crippen LogP contribution in [0.4, 0.5) is 0 Å². The molecule has 0 bridgehead atoms. The van der Waals surface area contributed by atoms with Gasteiger partial charge in [0.15, 0.2) is 0 Å². The Bertz CT molecular complexity index is 2090. The quantitative estimate of drug-likeness (QED) is 0.0257. The highest BCUT2D eigenvalue weighted by Gasteiger charge is 2.33. The van der Waals surface area contributed by atoms with Gasteiger partial charge in [-0.25, -0.2) is 0 Å². The summed E-state index contributed by atoms with van der Waals surface area (Å²) in [5, 5.41) is 18.9. The number of ether oxygens (including phenoxy) is 4. The molecule has 0 saturated carbocycles. The Morgan fingerprint density at radius 3 is 0.659 bits per heavy atom. The number of aliphatic hydroxyl groups excluding tert-OH is 2. The number of aliphatic hydroxyl groups is 2. The van der Waals surface area contributed by atoms with E-state index in [4.69, 9.17) is 36.7 Å². The van der Waals surface area contributed by atoms with Gasteiger partial charge in [0, 0.05) is 39.6 Å². The number of rotatable bonds is 110. The number of unbranched alkanes of at least 4 members (excludes halogenated alkanes) is 54. The molecule has 0 aromatic rings. The van der Waals surface area contributed by atoms with Gasteiger partial charge in [0.2, 0.25) is 0 Å². The van der Waals surface area contributed by atoms with Crippen LogP contribution in [-0.2, 0) is 46.2 Å². The molecule has 0 heterocycles. The minimum absolute atomic E-state index is 0.0637. The SMILES string of the molecule is CCCCCCCCC(CCCCCC)CO[Si](C)(C)OC(CCCCCCC)OCCCCCCN(CCCCO)CCCCCCOC(=O)C(CCCCCC)CCCCCCCC.CCCCCCCCC(CCCCCC)CO[Si](C)(C)OC(CCCCCCC)OCCCCCCN(CCCCO)CCCCCCOC(=O)C(CCCCCC)CCCCCCCC. The molecule has 2 N–H and O–H groups in total. The van der Waals surface area contributed by atoms with E-state index in [1.54, 1.807) is 0 Å². The third kappa shape index (κ3) is 95.2. The number of hydrogen-bond acceptors (Lipinski definition) is 14. The summed E-state index contributed by atoms with van der Waals surface area (Å²) in [7, 11) is -4.69. The lowest BCUT2D eigenvalue weighted by atomic mass is 9.94. The van der Waals surface area contributed by atoms with Crippen molar-refractivity contribution < 1.29 is 56.5 Å². The smallest absolute Gasteiger partial charge is 0.333 e. The summed E-state index contributed by atoms with van der Waals surface area (Å²) in [4.78, 5) is 31.4. The molecule has 0 aliphatic rings.